The second-order valence-corrected chi connectivity index (χ2v) is 3.87. The molecule has 0 saturated carbocycles. The fourth-order valence-electron chi connectivity index (χ4n) is 1.67. The average molecular weight is 231 g/mol. The number of fused-ring (bicyclic) bond motifs is 1. The second kappa shape index (κ2) is 3.28. The first kappa shape index (κ1) is 9.29. The molecule has 3 rings (SSSR count). The lowest BCUT2D eigenvalue weighted by Crippen LogP contribution is -1.98. The predicted octanol–water partition coefficient (Wildman–Crippen LogP) is 1.82. The third kappa shape index (κ3) is 1.27. The highest BCUT2D eigenvalue weighted by atomic mass is 32.1. The fraction of sp³-hybridized carbons (Fsp3) is 0.100. The van der Waals surface area contributed by atoms with E-state index in [0.717, 1.165) is 17.0 Å². The molecule has 6 heteroatoms. The van der Waals surface area contributed by atoms with Crippen LogP contribution in [0.15, 0.2) is 30.6 Å². The molecule has 0 aliphatic carbocycles. The summed E-state index contributed by atoms with van der Waals surface area (Å²) in [6, 6.07) is 5.71. The van der Waals surface area contributed by atoms with Gasteiger partial charge >= 0.3 is 0 Å². The Balaban J connectivity index is 2.39. The zero-order chi connectivity index (χ0) is 11.1. The van der Waals surface area contributed by atoms with E-state index in [1.165, 1.54) is 0 Å². The van der Waals surface area contributed by atoms with Crippen LogP contribution in [0.2, 0.25) is 0 Å². The lowest BCUT2D eigenvalue weighted by Gasteiger charge is -1.97. The van der Waals surface area contributed by atoms with Crippen molar-refractivity contribution in [3.8, 4) is 5.82 Å². The number of H-pyrrole nitrogens is 1. The van der Waals surface area contributed by atoms with E-state index >= 15 is 0 Å². The summed E-state index contributed by atoms with van der Waals surface area (Å²) in [6.07, 6.45) is 3.61. The molecule has 3 aromatic rings. The Labute approximate surface area is 96.4 Å². The van der Waals surface area contributed by atoms with Crippen molar-refractivity contribution in [3.63, 3.8) is 0 Å². The number of hydrogen-bond acceptors (Lipinski definition) is 3. The van der Waals surface area contributed by atoms with E-state index in [-0.39, 0.29) is 0 Å². The number of nitrogens with one attached hydrogen (secondary N) is 1. The van der Waals surface area contributed by atoms with Crippen LogP contribution >= 0.6 is 12.2 Å². The number of rotatable bonds is 1. The van der Waals surface area contributed by atoms with Gasteiger partial charge in [0.15, 0.2) is 16.2 Å². The van der Waals surface area contributed by atoms with E-state index < -0.39 is 0 Å². The lowest BCUT2D eigenvalue weighted by molar-refractivity contribution is 0.751. The fourth-order valence-corrected chi connectivity index (χ4v) is 1.96. The minimum atomic E-state index is 0.604. The van der Waals surface area contributed by atoms with Gasteiger partial charge in [-0.2, -0.15) is 5.10 Å². The van der Waals surface area contributed by atoms with Crippen LogP contribution in [0, 0.1) is 4.77 Å². The molecule has 0 spiro atoms. The molecule has 0 atom stereocenters. The van der Waals surface area contributed by atoms with Crippen molar-refractivity contribution in [2.24, 2.45) is 7.05 Å². The summed E-state index contributed by atoms with van der Waals surface area (Å²) in [6.45, 7) is 0. The van der Waals surface area contributed by atoms with Crippen LogP contribution in [0.4, 0.5) is 0 Å². The number of imidazole rings is 1. The lowest BCUT2D eigenvalue weighted by atomic mass is 10.4. The average Bonchev–Trinajstić information content (AvgIpc) is 2.80. The molecule has 0 saturated heterocycles. The topological polar surface area (TPSA) is 51.4 Å². The van der Waals surface area contributed by atoms with Gasteiger partial charge in [0.05, 0.1) is 5.52 Å². The van der Waals surface area contributed by atoms with Gasteiger partial charge in [0.1, 0.15) is 0 Å². The van der Waals surface area contributed by atoms with E-state index in [4.69, 9.17) is 12.2 Å². The third-order valence-electron chi connectivity index (χ3n) is 2.37. The molecule has 3 aromatic heterocycles. The number of aromatic nitrogens is 5. The minimum absolute atomic E-state index is 0.604. The molecular weight excluding hydrogens is 222 g/mol. The van der Waals surface area contributed by atoms with Crippen molar-refractivity contribution in [2.45, 2.75) is 0 Å². The molecule has 0 amide bonds. The zero-order valence-corrected chi connectivity index (χ0v) is 9.40. The Morgan fingerprint density at radius 1 is 1.38 bits per heavy atom. The second-order valence-electron chi connectivity index (χ2n) is 3.49. The molecule has 80 valence electrons. The highest BCUT2D eigenvalue weighted by molar-refractivity contribution is 7.71. The van der Waals surface area contributed by atoms with E-state index in [9.17, 15) is 0 Å². The predicted molar refractivity (Wildman–Crippen MR) is 63.0 cm³/mol. The van der Waals surface area contributed by atoms with Crippen LogP contribution in [0.1, 0.15) is 0 Å². The van der Waals surface area contributed by atoms with Crippen LogP contribution in [0.5, 0.6) is 0 Å². The van der Waals surface area contributed by atoms with E-state index in [2.05, 4.69) is 15.1 Å². The Morgan fingerprint density at radius 2 is 2.25 bits per heavy atom. The quantitative estimate of drug-likeness (QED) is 0.650. The Hall–Kier alpha value is -1.95. The Kier molecular flexibility index (Phi) is 1.90. The Bertz CT molecular complexity index is 705. The standard InChI is InChI=1S/C10H9N5S/c1-14-6-4-8(13-14)15-9-7(12-10(15)16)3-2-5-11-9/h2-6H,1H3,(H,12,16). The van der Waals surface area contributed by atoms with E-state index in [0.29, 0.717) is 4.77 Å². The highest BCUT2D eigenvalue weighted by Crippen LogP contribution is 2.15. The van der Waals surface area contributed by atoms with Crippen LogP contribution in [0.3, 0.4) is 0 Å². The van der Waals surface area contributed by atoms with Crippen molar-refractivity contribution >= 4 is 23.4 Å². The minimum Gasteiger partial charge on any atom is -0.329 e. The van der Waals surface area contributed by atoms with Crippen molar-refractivity contribution in [3.05, 3.63) is 35.4 Å². The molecule has 0 unspecified atom stereocenters. The van der Waals surface area contributed by atoms with E-state index in [1.54, 1.807) is 10.9 Å². The number of aryl methyl sites for hydroxylation is 1. The first-order valence-corrected chi connectivity index (χ1v) is 5.22. The summed E-state index contributed by atoms with van der Waals surface area (Å²) in [5.74, 6) is 0.775. The molecule has 0 radical (unpaired) electrons. The number of aromatic amines is 1. The number of nitrogens with zero attached hydrogens (tertiary/aromatic N) is 4. The van der Waals surface area contributed by atoms with Gasteiger partial charge in [-0.1, -0.05) is 0 Å². The largest absolute Gasteiger partial charge is 0.329 e. The van der Waals surface area contributed by atoms with Gasteiger partial charge in [-0.3, -0.25) is 9.25 Å². The molecule has 0 aromatic carbocycles. The zero-order valence-electron chi connectivity index (χ0n) is 8.58. The maximum Gasteiger partial charge on any atom is 0.185 e. The van der Waals surface area contributed by atoms with Crippen molar-refractivity contribution in [1.29, 1.82) is 0 Å². The van der Waals surface area contributed by atoms with Crippen LogP contribution < -0.4 is 0 Å². The number of hydrogen-bond donors (Lipinski definition) is 1. The SMILES string of the molecule is Cn1ccc(-n2c(=S)[nH]c3cccnc32)n1. The highest BCUT2D eigenvalue weighted by Gasteiger charge is 2.08. The molecule has 0 bridgehead atoms. The normalized spacial score (nSPS) is 11.1. The van der Waals surface area contributed by atoms with Gasteiger partial charge < -0.3 is 4.98 Å². The summed E-state index contributed by atoms with van der Waals surface area (Å²) in [5.41, 5.74) is 1.71. The van der Waals surface area contributed by atoms with Gasteiger partial charge in [0.25, 0.3) is 0 Å². The van der Waals surface area contributed by atoms with Crippen molar-refractivity contribution < 1.29 is 0 Å². The van der Waals surface area contributed by atoms with Gasteiger partial charge in [-0.25, -0.2) is 4.98 Å². The third-order valence-corrected chi connectivity index (χ3v) is 2.66. The first-order chi connectivity index (χ1) is 7.75. The molecule has 0 aliphatic heterocycles. The van der Waals surface area contributed by atoms with Gasteiger partial charge in [-0.15, -0.1) is 0 Å². The van der Waals surface area contributed by atoms with Gasteiger partial charge in [0.2, 0.25) is 0 Å². The molecule has 1 N–H and O–H groups in total. The van der Waals surface area contributed by atoms with Crippen molar-refractivity contribution in [2.75, 3.05) is 0 Å². The van der Waals surface area contributed by atoms with Crippen LogP contribution in [-0.4, -0.2) is 24.3 Å². The number of pyridine rings is 1. The van der Waals surface area contributed by atoms with Crippen molar-refractivity contribution in [1.82, 2.24) is 24.3 Å². The smallest absolute Gasteiger partial charge is 0.185 e. The maximum atomic E-state index is 5.26. The molecule has 0 aliphatic rings. The molecule has 5 nitrogen and oxygen atoms in total. The molecule has 16 heavy (non-hydrogen) atoms. The van der Waals surface area contributed by atoms with E-state index in [1.807, 2.05) is 36.0 Å². The first-order valence-electron chi connectivity index (χ1n) is 4.81. The van der Waals surface area contributed by atoms with Gasteiger partial charge in [-0.05, 0) is 24.4 Å². The van der Waals surface area contributed by atoms with Gasteiger partial charge in [0, 0.05) is 25.5 Å². The monoisotopic (exact) mass is 231 g/mol. The summed E-state index contributed by atoms with van der Waals surface area (Å²) in [7, 11) is 1.87. The Morgan fingerprint density at radius 3 is 3.00 bits per heavy atom. The van der Waals surface area contributed by atoms with Crippen LogP contribution in [-0.2, 0) is 7.05 Å². The molecular formula is C10H9N5S. The molecule has 3 heterocycles. The summed E-state index contributed by atoms with van der Waals surface area (Å²) < 4.78 is 4.16. The maximum absolute atomic E-state index is 5.26. The molecule has 0 fully saturated rings. The summed E-state index contributed by atoms with van der Waals surface area (Å²) >= 11 is 5.26. The van der Waals surface area contributed by atoms with Crippen LogP contribution in [0.25, 0.3) is 17.0 Å². The summed E-state index contributed by atoms with van der Waals surface area (Å²) in [4.78, 5) is 7.40. The summed E-state index contributed by atoms with van der Waals surface area (Å²) in [5, 5.41) is 4.32.